The molecule has 0 bridgehead atoms. The first-order valence-electron chi connectivity index (χ1n) is 20.9. The fraction of sp³-hybridized carbons (Fsp3) is 0.137. The van der Waals surface area contributed by atoms with Gasteiger partial charge in [0.15, 0.2) is 16.9 Å². The Bertz CT molecular complexity index is 2770. The van der Waals surface area contributed by atoms with Crippen LogP contribution in [0.1, 0.15) is 45.3 Å². The van der Waals surface area contributed by atoms with E-state index in [2.05, 4.69) is 57.2 Å². The zero-order valence-electron chi connectivity index (χ0n) is 35.6. The number of hydrogen-bond acceptors (Lipinski definition) is 13. The van der Waals surface area contributed by atoms with Gasteiger partial charge in [-0.2, -0.15) is 0 Å². The van der Waals surface area contributed by atoms with Crippen molar-refractivity contribution >= 4 is 63.5 Å². The Hall–Kier alpha value is -7.20. The number of β-lactam (4-membered cyclic amide) rings is 1. The van der Waals surface area contributed by atoms with Crippen molar-refractivity contribution < 1.29 is 28.4 Å². The van der Waals surface area contributed by atoms with Gasteiger partial charge >= 0.3 is 5.97 Å². The normalized spacial score (nSPS) is 16.2. The summed E-state index contributed by atoms with van der Waals surface area (Å²) < 4.78 is 11.8. The van der Waals surface area contributed by atoms with Crippen LogP contribution in [0.2, 0.25) is 0 Å². The molecular weight excluding hydrogens is 889 g/mol. The molecule has 0 saturated carbocycles. The Balaban J connectivity index is 0.985. The highest BCUT2D eigenvalue weighted by atomic mass is 32.2. The summed E-state index contributed by atoms with van der Waals surface area (Å²) in [6.07, 6.45) is 2.56. The molecular formula is C51H42N6O6S3. The minimum atomic E-state index is -1.00. The van der Waals surface area contributed by atoms with Crippen molar-refractivity contribution in [3.63, 3.8) is 0 Å². The summed E-state index contributed by atoms with van der Waals surface area (Å²) in [6.45, 7) is 1.83. The number of aryl methyl sites for hydroxylation is 1. The molecule has 2 amide bonds. The van der Waals surface area contributed by atoms with Crippen molar-refractivity contribution in [1.82, 2.24) is 20.2 Å². The quantitative estimate of drug-likeness (QED) is 0.0239. The smallest absolute Gasteiger partial charge is 0.356 e. The van der Waals surface area contributed by atoms with Gasteiger partial charge < -0.3 is 24.6 Å². The van der Waals surface area contributed by atoms with Gasteiger partial charge in [0.25, 0.3) is 17.0 Å². The molecule has 2 aliphatic rings. The van der Waals surface area contributed by atoms with Crippen molar-refractivity contribution in [1.29, 1.82) is 0 Å². The number of amides is 2. The van der Waals surface area contributed by atoms with E-state index in [1.54, 1.807) is 23.1 Å². The van der Waals surface area contributed by atoms with E-state index in [1.807, 2.05) is 122 Å². The van der Waals surface area contributed by atoms with Gasteiger partial charge in [0.1, 0.15) is 41.7 Å². The van der Waals surface area contributed by atoms with Crippen LogP contribution in [-0.4, -0.2) is 62.6 Å². The third kappa shape index (κ3) is 9.05. The molecule has 5 aromatic carbocycles. The molecule has 4 heterocycles. The molecule has 0 aliphatic carbocycles. The molecule has 9 rings (SSSR count). The van der Waals surface area contributed by atoms with Crippen LogP contribution in [0.25, 0.3) is 0 Å². The average molecular weight is 931 g/mol. The fourth-order valence-electron chi connectivity index (χ4n) is 7.95. The van der Waals surface area contributed by atoms with E-state index in [0.717, 1.165) is 33.5 Å². The number of nitrogens with one attached hydrogen (secondary N) is 2. The predicted octanol–water partition coefficient (Wildman–Crippen LogP) is 9.49. The molecule has 66 heavy (non-hydrogen) atoms. The van der Waals surface area contributed by atoms with Crippen molar-refractivity contribution in [2.75, 3.05) is 18.2 Å². The molecule has 330 valence electrons. The van der Waals surface area contributed by atoms with Gasteiger partial charge in [-0.1, -0.05) is 157 Å². The summed E-state index contributed by atoms with van der Waals surface area (Å²) >= 11 is 3.96. The van der Waals surface area contributed by atoms with Crippen LogP contribution in [0.4, 0.5) is 5.13 Å². The maximum Gasteiger partial charge on any atom is 0.356 e. The number of anilines is 1. The number of fused-ring (bicyclic) bond motifs is 1. The number of thiazole rings is 1. The standard InChI is InChI=1S/C51H42N6O6S3/c1-33-30-62-50(52-33)64-29-28-36-31-65-47-42(46(59)57(47)43(36)48(60)63-44(34-18-8-3-9-19-34)35-20-10-4-11-21-35)54-45(58)41(56-61-2)40-32-66-49(53-40)55-51(37-22-12-5-13-23-37,38-24-14-6-15-25-38)39-26-16-7-17-27-39/h3-30,32,42,44,47H,31H2,1-2H3,(H,53,55)(H,54,58)/b29-28+,56-41+. The minimum Gasteiger partial charge on any atom is -0.448 e. The molecule has 2 unspecified atom stereocenters. The van der Waals surface area contributed by atoms with E-state index >= 15 is 0 Å². The van der Waals surface area contributed by atoms with Crippen LogP contribution >= 0.6 is 34.9 Å². The topological polar surface area (TPSA) is 148 Å². The number of thioether (sulfide) groups is 2. The second-order valence-corrected chi connectivity index (χ2v) is 18.0. The van der Waals surface area contributed by atoms with E-state index in [1.165, 1.54) is 46.9 Å². The maximum atomic E-state index is 14.5. The van der Waals surface area contributed by atoms with E-state index in [4.69, 9.17) is 19.0 Å². The van der Waals surface area contributed by atoms with E-state index < -0.39 is 40.8 Å². The van der Waals surface area contributed by atoms with Crippen molar-refractivity contribution in [2.45, 2.75) is 35.2 Å². The van der Waals surface area contributed by atoms with Gasteiger partial charge in [0.2, 0.25) is 0 Å². The highest BCUT2D eigenvalue weighted by Crippen LogP contribution is 2.43. The first kappa shape index (κ1) is 44.0. The summed E-state index contributed by atoms with van der Waals surface area (Å²) in [7, 11) is 1.34. The zero-order chi connectivity index (χ0) is 45.5. The Morgan fingerprint density at radius 1 is 0.848 bits per heavy atom. The van der Waals surface area contributed by atoms with Gasteiger partial charge in [0.05, 0.1) is 5.69 Å². The van der Waals surface area contributed by atoms with Crippen LogP contribution in [0.3, 0.4) is 0 Å². The van der Waals surface area contributed by atoms with Gasteiger partial charge in [-0.05, 0) is 63.6 Å². The number of benzene rings is 5. The Kier molecular flexibility index (Phi) is 13.3. The van der Waals surface area contributed by atoms with Gasteiger partial charge in [0, 0.05) is 11.1 Å². The van der Waals surface area contributed by atoms with E-state index in [9.17, 15) is 14.4 Å². The summed E-state index contributed by atoms with van der Waals surface area (Å²) in [5.41, 5.74) is 5.13. The predicted molar refractivity (Wildman–Crippen MR) is 258 cm³/mol. The van der Waals surface area contributed by atoms with Crippen LogP contribution in [0.5, 0.6) is 0 Å². The molecule has 2 N–H and O–H groups in total. The lowest BCUT2D eigenvalue weighted by Gasteiger charge is -2.49. The first-order valence-corrected chi connectivity index (χ1v) is 23.7. The molecule has 2 aliphatic heterocycles. The summed E-state index contributed by atoms with van der Waals surface area (Å²) in [5.74, 6) is -1.51. The second-order valence-electron chi connectivity index (χ2n) is 15.2. The average Bonchev–Trinajstić information content (AvgIpc) is 4.02. The minimum absolute atomic E-state index is 0.0891. The number of allylic oxidation sites excluding steroid dienone is 1. The van der Waals surface area contributed by atoms with E-state index in [0.29, 0.717) is 21.7 Å². The number of carbonyl (C=O) groups excluding carboxylic acids is 3. The van der Waals surface area contributed by atoms with Crippen LogP contribution < -0.4 is 10.6 Å². The second kappa shape index (κ2) is 19.9. The number of rotatable bonds is 16. The number of esters is 1. The summed E-state index contributed by atoms with van der Waals surface area (Å²) in [4.78, 5) is 58.9. The van der Waals surface area contributed by atoms with Gasteiger partial charge in [-0.15, -0.1) is 23.1 Å². The molecule has 15 heteroatoms. The number of oxazole rings is 1. The molecule has 2 atom stereocenters. The van der Waals surface area contributed by atoms with Crippen molar-refractivity contribution in [3.8, 4) is 0 Å². The molecule has 0 radical (unpaired) electrons. The SMILES string of the molecule is CO/N=C(/C(=O)NC1C(=O)N2C(C(=O)OC(c3ccccc3)c3ccccc3)=C(/C=C/Sc3nc(C)co3)CSC12)c1csc(NC(c2ccccc2)(c2ccccc2)c2ccccc2)n1. The van der Waals surface area contributed by atoms with Crippen molar-refractivity contribution in [2.24, 2.45) is 5.16 Å². The highest BCUT2D eigenvalue weighted by molar-refractivity contribution is 8.02. The summed E-state index contributed by atoms with van der Waals surface area (Å²) in [5, 5.41) is 14.5. The lowest BCUT2D eigenvalue weighted by molar-refractivity contribution is -0.154. The number of oxime groups is 1. The highest BCUT2D eigenvalue weighted by Gasteiger charge is 2.55. The van der Waals surface area contributed by atoms with Crippen LogP contribution in [0.15, 0.2) is 201 Å². The number of nitrogens with zero attached hydrogens (tertiary/aromatic N) is 4. The first-order chi connectivity index (χ1) is 32.3. The van der Waals surface area contributed by atoms with E-state index in [-0.39, 0.29) is 17.1 Å². The molecule has 1 fully saturated rings. The third-order valence-electron chi connectivity index (χ3n) is 11.0. The number of aromatic nitrogens is 2. The molecule has 12 nitrogen and oxygen atoms in total. The number of hydrogen-bond donors (Lipinski definition) is 2. The largest absolute Gasteiger partial charge is 0.448 e. The van der Waals surface area contributed by atoms with Crippen LogP contribution in [0, 0.1) is 6.92 Å². The summed E-state index contributed by atoms with van der Waals surface area (Å²) in [6, 6.07) is 48.2. The van der Waals surface area contributed by atoms with Gasteiger partial charge in [-0.3, -0.25) is 14.5 Å². The molecule has 7 aromatic rings. The lowest BCUT2D eigenvalue weighted by atomic mass is 9.77. The van der Waals surface area contributed by atoms with Crippen LogP contribution in [-0.2, 0) is 29.5 Å². The number of carbonyl (C=O) groups is 3. The number of ether oxygens (including phenoxy) is 1. The monoisotopic (exact) mass is 930 g/mol. The Labute approximate surface area is 393 Å². The molecule has 2 aromatic heterocycles. The Morgan fingerprint density at radius 2 is 1.41 bits per heavy atom. The molecule has 0 spiro atoms. The maximum absolute atomic E-state index is 14.5. The zero-order valence-corrected chi connectivity index (χ0v) is 38.1. The third-order valence-corrected chi connectivity index (χ3v) is 13.7. The fourth-order valence-corrected chi connectivity index (χ4v) is 10.7. The Morgan fingerprint density at radius 3 is 1.94 bits per heavy atom. The lowest BCUT2D eigenvalue weighted by Crippen LogP contribution is -2.71. The van der Waals surface area contributed by atoms with Gasteiger partial charge in [-0.25, -0.2) is 14.8 Å². The molecule has 1 saturated heterocycles. The van der Waals surface area contributed by atoms with Crippen molar-refractivity contribution in [3.05, 3.63) is 225 Å².